The van der Waals surface area contributed by atoms with Crippen LogP contribution in [0.3, 0.4) is 0 Å². The molecule has 1 aliphatic rings. The Hall–Kier alpha value is -0.595. The summed E-state index contributed by atoms with van der Waals surface area (Å²) in [5.74, 6) is 0. The molecule has 1 N–H and O–H groups in total. The van der Waals surface area contributed by atoms with Crippen molar-refractivity contribution in [2.24, 2.45) is 0 Å². The highest BCUT2D eigenvalue weighted by Gasteiger charge is 2.52. The third kappa shape index (κ3) is 3.12. The van der Waals surface area contributed by atoms with Gasteiger partial charge in [0.25, 0.3) is 9.05 Å². The second kappa shape index (κ2) is 5.24. The Kier molecular flexibility index (Phi) is 4.19. The maximum atomic E-state index is 11.5. The van der Waals surface area contributed by atoms with Gasteiger partial charge in [-0.3, -0.25) is 0 Å². The molecule has 1 heterocycles. The average molecular weight is 333 g/mol. The maximum absolute atomic E-state index is 11.5. The molecule has 0 spiro atoms. The Bertz CT molecular complexity index is 641. The molecule has 0 bridgehead atoms. The summed E-state index contributed by atoms with van der Waals surface area (Å²) in [7, 11) is 0.761. The summed E-state index contributed by atoms with van der Waals surface area (Å²) in [5, 5.41) is 9.44. The summed E-state index contributed by atoms with van der Waals surface area (Å²) < 4.78 is 34.7. The van der Waals surface area contributed by atoms with Crippen molar-refractivity contribution in [3.8, 4) is 0 Å². The van der Waals surface area contributed by atoms with Crippen molar-refractivity contribution >= 4 is 32.3 Å². The van der Waals surface area contributed by atoms with Gasteiger partial charge in [-0.25, -0.2) is 8.42 Å². The van der Waals surface area contributed by atoms with E-state index in [-0.39, 0.29) is 11.5 Å². The van der Waals surface area contributed by atoms with Crippen LogP contribution in [0.5, 0.6) is 0 Å². The minimum atomic E-state index is -3.86. The summed E-state index contributed by atoms with van der Waals surface area (Å²) in [4.78, 5) is -0.0499. The van der Waals surface area contributed by atoms with Crippen LogP contribution >= 0.6 is 10.7 Å². The zero-order chi connectivity index (χ0) is 16.1. The molecule has 2 rings (SSSR count). The molecule has 5 nitrogen and oxygen atoms in total. The van der Waals surface area contributed by atoms with E-state index in [4.69, 9.17) is 20.0 Å². The number of rotatable bonds is 3. The highest BCUT2D eigenvalue weighted by Crippen LogP contribution is 2.36. The van der Waals surface area contributed by atoms with Crippen LogP contribution in [0.15, 0.2) is 23.1 Å². The molecule has 0 atom stereocenters. The largest absolute Gasteiger partial charge is 0.495 e. The number of halogens is 1. The first-order valence-electron chi connectivity index (χ1n) is 6.52. The summed E-state index contributed by atoms with van der Waals surface area (Å²) >= 11 is 0. The lowest BCUT2D eigenvalue weighted by Gasteiger charge is -2.32. The van der Waals surface area contributed by atoms with Crippen molar-refractivity contribution in [1.82, 2.24) is 0 Å². The van der Waals surface area contributed by atoms with E-state index in [0.717, 1.165) is 0 Å². The van der Waals surface area contributed by atoms with Gasteiger partial charge < -0.3 is 14.4 Å². The topological polar surface area (TPSA) is 72.8 Å². The second-order valence-corrected chi connectivity index (χ2v) is 8.61. The van der Waals surface area contributed by atoms with E-state index in [2.05, 4.69) is 0 Å². The predicted octanol–water partition coefficient (Wildman–Crippen LogP) is 1.41. The molecule has 1 aliphatic heterocycles. The fourth-order valence-corrected chi connectivity index (χ4v) is 2.84. The Morgan fingerprint density at radius 2 is 1.71 bits per heavy atom. The van der Waals surface area contributed by atoms with Crippen LogP contribution in [0.1, 0.15) is 33.3 Å². The molecule has 1 aromatic carbocycles. The van der Waals surface area contributed by atoms with E-state index in [0.29, 0.717) is 11.0 Å². The third-order valence-electron chi connectivity index (χ3n) is 4.08. The Labute approximate surface area is 129 Å². The highest BCUT2D eigenvalue weighted by molar-refractivity contribution is 8.13. The molecule has 1 fully saturated rings. The van der Waals surface area contributed by atoms with Gasteiger partial charge in [-0.2, -0.15) is 0 Å². The first-order valence-corrected chi connectivity index (χ1v) is 8.83. The van der Waals surface area contributed by atoms with Crippen LogP contribution in [0, 0.1) is 0 Å². The van der Waals surface area contributed by atoms with Crippen LogP contribution < -0.4 is 5.46 Å². The summed E-state index contributed by atoms with van der Waals surface area (Å²) in [6.45, 7) is 7.34. The normalized spacial score (nSPS) is 20.8. The van der Waals surface area contributed by atoms with Gasteiger partial charge in [0, 0.05) is 10.7 Å². The summed E-state index contributed by atoms with van der Waals surface area (Å²) in [6.07, 6.45) is 0. The molecular formula is C13H18BClO5S. The molecule has 1 saturated heterocycles. The van der Waals surface area contributed by atoms with Crippen molar-refractivity contribution in [3.05, 3.63) is 23.8 Å². The zero-order valence-corrected chi connectivity index (χ0v) is 14.0. The first kappa shape index (κ1) is 16.8. The number of benzene rings is 1. The van der Waals surface area contributed by atoms with Crippen LogP contribution in [0.25, 0.3) is 0 Å². The Morgan fingerprint density at radius 1 is 1.19 bits per heavy atom. The van der Waals surface area contributed by atoms with Crippen LogP contribution in [-0.2, 0) is 25.0 Å². The highest BCUT2D eigenvalue weighted by atomic mass is 35.7. The van der Waals surface area contributed by atoms with Gasteiger partial charge in [0.2, 0.25) is 0 Å². The Morgan fingerprint density at radius 3 is 2.14 bits per heavy atom. The van der Waals surface area contributed by atoms with E-state index in [1.54, 1.807) is 0 Å². The van der Waals surface area contributed by atoms with E-state index in [9.17, 15) is 13.5 Å². The number of hydrogen-bond donors (Lipinski definition) is 1. The molecule has 116 valence electrons. The summed E-state index contributed by atoms with van der Waals surface area (Å²) in [5.41, 5.74) is -0.101. The van der Waals surface area contributed by atoms with Crippen molar-refractivity contribution in [2.45, 2.75) is 50.4 Å². The molecule has 0 aromatic heterocycles. The molecular weight excluding hydrogens is 314 g/mol. The van der Waals surface area contributed by atoms with Crippen LogP contribution in [0.4, 0.5) is 0 Å². The number of aliphatic hydroxyl groups is 1. The quantitative estimate of drug-likeness (QED) is 0.669. The van der Waals surface area contributed by atoms with Gasteiger partial charge >= 0.3 is 7.12 Å². The zero-order valence-electron chi connectivity index (χ0n) is 12.4. The van der Waals surface area contributed by atoms with E-state index < -0.39 is 27.4 Å². The SMILES string of the molecule is CC1(C)OB(c2cc(S(=O)(=O)Cl)ccc2CO)OC1(C)C. The minimum absolute atomic E-state index is 0.0499. The van der Waals surface area contributed by atoms with Crippen LogP contribution in [0.2, 0.25) is 0 Å². The van der Waals surface area contributed by atoms with Crippen LogP contribution in [-0.4, -0.2) is 31.8 Å². The van der Waals surface area contributed by atoms with Gasteiger partial charge in [0.15, 0.2) is 0 Å². The molecule has 0 unspecified atom stereocenters. The lowest BCUT2D eigenvalue weighted by molar-refractivity contribution is 0.00578. The number of hydrogen-bond acceptors (Lipinski definition) is 5. The van der Waals surface area contributed by atoms with E-state index in [1.165, 1.54) is 18.2 Å². The van der Waals surface area contributed by atoms with E-state index in [1.807, 2.05) is 27.7 Å². The lowest BCUT2D eigenvalue weighted by Crippen LogP contribution is -2.41. The molecule has 8 heteroatoms. The molecule has 21 heavy (non-hydrogen) atoms. The first-order chi connectivity index (χ1) is 9.48. The Balaban J connectivity index is 2.49. The van der Waals surface area contributed by atoms with Crippen molar-refractivity contribution in [3.63, 3.8) is 0 Å². The van der Waals surface area contributed by atoms with Crippen molar-refractivity contribution < 1.29 is 22.8 Å². The maximum Gasteiger partial charge on any atom is 0.495 e. The van der Waals surface area contributed by atoms with E-state index >= 15 is 0 Å². The molecule has 0 radical (unpaired) electrons. The van der Waals surface area contributed by atoms with Gasteiger partial charge in [0.05, 0.1) is 22.7 Å². The molecule has 0 amide bonds. The van der Waals surface area contributed by atoms with Crippen molar-refractivity contribution in [2.75, 3.05) is 0 Å². The van der Waals surface area contributed by atoms with Crippen molar-refractivity contribution in [1.29, 1.82) is 0 Å². The summed E-state index contributed by atoms with van der Waals surface area (Å²) in [6, 6.07) is 4.24. The van der Waals surface area contributed by atoms with Gasteiger partial charge in [-0.05, 0) is 50.9 Å². The third-order valence-corrected chi connectivity index (χ3v) is 5.43. The minimum Gasteiger partial charge on any atom is -0.399 e. The predicted molar refractivity (Wildman–Crippen MR) is 81.1 cm³/mol. The average Bonchev–Trinajstić information content (AvgIpc) is 2.56. The molecule has 0 aliphatic carbocycles. The number of aliphatic hydroxyl groups excluding tert-OH is 1. The lowest BCUT2D eigenvalue weighted by atomic mass is 9.76. The standard InChI is InChI=1S/C13H18BClO5S/c1-12(2)13(3,4)20-14(19-12)11-7-10(21(15,17)18)6-5-9(11)8-16/h5-7,16H,8H2,1-4H3. The molecule has 0 saturated carbocycles. The fraction of sp³-hybridized carbons (Fsp3) is 0.538. The monoisotopic (exact) mass is 332 g/mol. The van der Waals surface area contributed by atoms with Gasteiger partial charge in [-0.15, -0.1) is 0 Å². The smallest absolute Gasteiger partial charge is 0.399 e. The fourth-order valence-electron chi connectivity index (χ4n) is 2.06. The molecule has 1 aromatic rings. The second-order valence-electron chi connectivity index (χ2n) is 6.04. The van der Waals surface area contributed by atoms with Gasteiger partial charge in [0.1, 0.15) is 0 Å². The van der Waals surface area contributed by atoms with Gasteiger partial charge in [-0.1, -0.05) is 6.07 Å².